The number of nitrogens with zero attached hydrogens (tertiary/aromatic N) is 1. The Bertz CT molecular complexity index is 347. The maximum Gasteiger partial charge on any atom is 0.410 e. The van der Waals surface area contributed by atoms with Gasteiger partial charge in [0.1, 0.15) is 5.60 Å². The number of ether oxygens (including phenoxy) is 1. The Labute approximate surface area is 101 Å². The molecule has 1 aliphatic heterocycles. The lowest BCUT2D eigenvalue weighted by Crippen LogP contribution is -2.40. The lowest BCUT2D eigenvalue weighted by molar-refractivity contribution is -0.149. The van der Waals surface area contributed by atoms with Crippen molar-refractivity contribution >= 4 is 12.1 Å². The smallest absolute Gasteiger partial charge is 0.410 e. The Morgan fingerprint density at radius 2 is 1.94 bits per heavy atom. The van der Waals surface area contributed by atoms with Crippen LogP contribution in [0.5, 0.6) is 0 Å². The molecule has 1 N–H and O–H groups in total. The molecule has 5 nitrogen and oxygen atoms in total. The molecule has 1 saturated heterocycles. The first-order valence-corrected chi connectivity index (χ1v) is 5.98. The van der Waals surface area contributed by atoms with Gasteiger partial charge in [-0.2, -0.15) is 0 Å². The Balaban J connectivity index is 1.91. The summed E-state index contributed by atoms with van der Waals surface area (Å²) in [6.45, 7) is 6.65. The number of rotatable bonds is 1. The highest BCUT2D eigenvalue weighted by atomic mass is 16.6. The van der Waals surface area contributed by atoms with Crippen molar-refractivity contribution in [1.29, 1.82) is 0 Å². The fourth-order valence-corrected chi connectivity index (χ4v) is 2.67. The minimum Gasteiger partial charge on any atom is -0.481 e. The second-order valence-corrected chi connectivity index (χ2v) is 5.99. The van der Waals surface area contributed by atoms with Crippen LogP contribution < -0.4 is 0 Å². The van der Waals surface area contributed by atoms with Crippen LogP contribution in [0.25, 0.3) is 0 Å². The Hall–Kier alpha value is -1.26. The van der Waals surface area contributed by atoms with Crippen molar-refractivity contribution in [2.24, 2.45) is 17.8 Å². The minimum atomic E-state index is -0.739. The van der Waals surface area contributed by atoms with E-state index in [2.05, 4.69) is 0 Å². The molecule has 5 heteroatoms. The molecule has 0 bridgehead atoms. The average molecular weight is 241 g/mol. The predicted molar refractivity (Wildman–Crippen MR) is 60.5 cm³/mol. The molecule has 0 aromatic rings. The van der Waals surface area contributed by atoms with Gasteiger partial charge >= 0.3 is 12.1 Å². The lowest BCUT2D eigenvalue weighted by Gasteiger charge is -2.35. The molecule has 1 amide bonds. The van der Waals surface area contributed by atoms with Crippen molar-refractivity contribution in [2.45, 2.75) is 32.8 Å². The summed E-state index contributed by atoms with van der Waals surface area (Å²) < 4.78 is 5.28. The van der Waals surface area contributed by atoms with Gasteiger partial charge in [0.15, 0.2) is 0 Å². The average Bonchev–Trinajstić information content (AvgIpc) is 2.40. The van der Waals surface area contributed by atoms with Crippen molar-refractivity contribution in [3.8, 4) is 0 Å². The number of carboxylic acids is 1. The monoisotopic (exact) mass is 241 g/mol. The van der Waals surface area contributed by atoms with E-state index in [-0.39, 0.29) is 17.9 Å². The molecule has 0 unspecified atom stereocenters. The molecule has 1 heterocycles. The van der Waals surface area contributed by atoms with E-state index in [0.29, 0.717) is 25.4 Å². The highest BCUT2D eigenvalue weighted by Gasteiger charge is 2.51. The van der Waals surface area contributed by atoms with Crippen molar-refractivity contribution in [1.82, 2.24) is 4.90 Å². The number of carboxylic acid groups (broad SMARTS) is 1. The standard InChI is InChI=1S/C12H19NO4/c1-12(2,3)17-11(16)13-5-7-4-8(10(14)15)9(7)6-13/h7-9H,4-6H2,1-3H3,(H,14,15)/t7-,8-,9-/m0/s1. The molecule has 0 aromatic heterocycles. The van der Waals surface area contributed by atoms with E-state index >= 15 is 0 Å². The van der Waals surface area contributed by atoms with Gasteiger partial charge in [-0.15, -0.1) is 0 Å². The molecule has 0 spiro atoms. The van der Waals surface area contributed by atoms with E-state index in [9.17, 15) is 9.59 Å². The number of carbonyl (C=O) groups is 2. The zero-order chi connectivity index (χ0) is 12.8. The van der Waals surface area contributed by atoms with E-state index in [4.69, 9.17) is 9.84 Å². The fraction of sp³-hybridized carbons (Fsp3) is 0.833. The molecule has 0 aromatic carbocycles. The summed E-state index contributed by atoms with van der Waals surface area (Å²) in [6, 6.07) is 0. The molecule has 3 atom stereocenters. The Morgan fingerprint density at radius 1 is 1.29 bits per heavy atom. The van der Waals surface area contributed by atoms with E-state index < -0.39 is 11.6 Å². The normalized spacial score (nSPS) is 31.7. The second kappa shape index (κ2) is 3.89. The number of aliphatic carboxylic acids is 1. The van der Waals surface area contributed by atoms with Gasteiger partial charge in [-0.3, -0.25) is 4.79 Å². The number of amides is 1. The molecule has 1 aliphatic carbocycles. The Kier molecular flexibility index (Phi) is 2.79. The molecule has 96 valence electrons. The van der Waals surface area contributed by atoms with Crippen LogP contribution in [-0.2, 0) is 9.53 Å². The molecular formula is C12H19NO4. The van der Waals surface area contributed by atoms with E-state index in [1.165, 1.54) is 0 Å². The quantitative estimate of drug-likeness (QED) is 0.756. The maximum absolute atomic E-state index is 11.8. The van der Waals surface area contributed by atoms with E-state index in [0.717, 1.165) is 0 Å². The highest BCUT2D eigenvalue weighted by molar-refractivity contribution is 5.73. The predicted octanol–water partition coefficient (Wildman–Crippen LogP) is 1.57. The van der Waals surface area contributed by atoms with Crippen LogP contribution in [0.1, 0.15) is 27.2 Å². The molecule has 2 fully saturated rings. The topological polar surface area (TPSA) is 66.8 Å². The number of fused-ring (bicyclic) bond motifs is 1. The summed E-state index contributed by atoms with van der Waals surface area (Å²) in [7, 11) is 0. The summed E-state index contributed by atoms with van der Waals surface area (Å²) in [6.07, 6.45) is 0.371. The molecular weight excluding hydrogens is 222 g/mol. The van der Waals surface area contributed by atoms with Gasteiger partial charge in [0.2, 0.25) is 0 Å². The van der Waals surface area contributed by atoms with E-state index in [1.54, 1.807) is 4.90 Å². The van der Waals surface area contributed by atoms with Gasteiger partial charge in [0.05, 0.1) is 5.92 Å². The van der Waals surface area contributed by atoms with Crippen molar-refractivity contribution < 1.29 is 19.4 Å². The van der Waals surface area contributed by atoms with Crippen LogP contribution in [0.3, 0.4) is 0 Å². The van der Waals surface area contributed by atoms with Gasteiger partial charge in [0.25, 0.3) is 0 Å². The van der Waals surface area contributed by atoms with Crippen LogP contribution in [0.2, 0.25) is 0 Å². The van der Waals surface area contributed by atoms with Crippen LogP contribution in [0, 0.1) is 17.8 Å². The summed E-state index contributed by atoms with van der Waals surface area (Å²) in [4.78, 5) is 24.3. The zero-order valence-corrected chi connectivity index (χ0v) is 10.5. The number of hydrogen-bond acceptors (Lipinski definition) is 3. The first-order chi connectivity index (χ1) is 7.78. The van der Waals surface area contributed by atoms with Crippen LogP contribution >= 0.6 is 0 Å². The minimum absolute atomic E-state index is 0.125. The third-order valence-electron chi connectivity index (χ3n) is 3.53. The first-order valence-electron chi connectivity index (χ1n) is 5.98. The number of carbonyl (C=O) groups excluding carboxylic acids is 1. The molecule has 2 rings (SSSR count). The molecule has 2 aliphatic rings. The SMILES string of the molecule is CC(C)(C)OC(=O)N1C[C@@H]2C[C@H](C(=O)O)[C@H]2C1. The van der Waals surface area contributed by atoms with Crippen LogP contribution in [-0.4, -0.2) is 40.8 Å². The molecule has 0 radical (unpaired) electrons. The van der Waals surface area contributed by atoms with Gasteiger partial charge in [0, 0.05) is 13.1 Å². The van der Waals surface area contributed by atoms with Gasteiger partial charge < -0.3 is 14.7 Å². The van der Waals surface area contributed by atoms with Gasteiger partial charge in [-0.05, 0) is 39.0 Å². The molecule has 17 heavy (non-hydrogen) atoms. The largest absolute Gasteiger partial charge is 0.481 e. The summed E-state index contributed by atoms with van der Waals surface area (Å²) >= 11 is 0. The Morgan fingerprint density at radius 3 is 2.47 bits per heavy atom. The van der Waals surface area contributed by atoms with E-state index in [1.807, 2.05) is 20.8 Å². The first kappa shape index (κ1) is 12.2. The second-order valence-electron chi connectivity index (χ2n) is 5.99. The summed E-state index contributed by atoms with van der Waals surface area (Å²) in [5.74, 6) is -0.534. The van der Waals surface area contributed by atoms with Gasteiger partial charge in [-0.1, -0.05) is 0 Å². The number of hydrogen-bond donors (Lipinski definition) is 1. The summed E-state index contributed by atoms with van der Waals surface area (Å²) in [5.41, 5.74) is -0.495. The fourth-order valence-electron chi connectivity index (χ4n) is 2.67. The third kappa shape index (κ3) is 2.37. The van der Waals surface area contributed by atoms with Gasteiger partial charge in [-0.25, -0.2) is 4.79 Å². The lowest BCUT2D eigenvalue weighted by atomic mass is 9.67. The maximum atomic E-state index is 11.8. The zero-order valence-electron chi connectivity index (χ0n) is 10.5. The van der Waals surface area contributed by atoms with Crippen LogP contribution in [0.4, 0.5) is 4.79 Å². The van der Waals surface area contributed by atoms with Crippen molar-refractivity contribution in [2.75, 3.05) is 13.1 Å². The summed E-state index contributed by atoms with van der Waals surface area (Å²) in [5, 5.41) is 8.96. The van der Waals surface area contributed by atoms with Crippen molar-refractivity contribution in [3.05, 3.63) is 0 Å². The third-order valence-corrected chi connectivity index (χ3v) is 3.53. The number of likely N-dealkylation sites (tertiary alicyclic amines) is 1. The van der Waals surface area contributed by atoms with Crippen LogP contribution in [0.15, 0.2) is 0 Å². The van der Waals surface area contributed by atoms with Crippen molar-refractivity contribution in [3.63, 3.8) is 0 Å². The molecule has 1 saturated carbocycles. The highest BCUT2D eigenvalue weighted by Crippen LogP contribution is 2.45.